The van der Waals surface area contributed by atoms with Gasteiger partial charge in [-0.05, 0) is 67.5 Å². The van der Waals surface area contributed by atoms with Gasteiger partial charge in [0.15, 0.2) is 6.61 Å². The van der Waals surface area contributed by atoms with Gasteiger partial charge in [-0.25, -0.2) is 0 Å². The summed E-state index contributed by atoms with van der Waals surface area (Å²) in [5.41, 5.74) is 4.46. The molecule has 2 amide bonds. The van der Waals surface area contributed by atoms with Gasteiger partial charge in [-0.1, -0.05) is 30.3 Å². The molecular formula is C27H25NO5. The van der Waals surface area contributed by atoms with Crippen molar-refractivity contribution in [3.05, 3.63) is 81.9 Å². The van der Waals surface area contributed by atoms with E-state index in [0.29, 0.717) is 22.1 Å². The molecule has 0 atom stereocenters. The molecule has 1 heterocycles. The highest BCUT2D eigenvalue weighted by Gasteiger charge is 2.32. The molecule has 6 nitrogen and oxygen atoms in total. The Balaban J connectivity index is 1.34. The summed E-state index contributed by atoms with van der Waals surface area (Å²) in [5, 5.41) is 1.52. The van der Waals surface area contributed by atoms with Crippen molar-refractivity contribution in [2.45, 2.75) is 33.6 Å². The molecule has 0 bridgehead atoms. The van der Waals surface area contributed by atoms with Crippen LogP contribution >= 0.6 is 0 Å². The Morgan fingerprint density at radius 3 is 2.09 bits per heavy atom. The van der Waals surface area contributed by atoms with E-state index in [1.807, 2.05) is 45.0 Å². The summed E-state index contributed by atoms with van der Waals surface area (Å²) >= 11 is 0. The van der Waals surface area contributed by atoms with Crippen LogP contribution in [0.15, 0.2) is 48.5 Å². The molecule has 3 aromatic carbocycles. The number of aryl methyl sites for hydroxylation is 3. The third-order valence-corrected chi connectivity index (χ3v) is 6.12. The van der Waals surface area contributed by atoms with Crippen molar-refractivity contribution >= 4 is 34.3 Å². The Morgan fingerprint density at radius 2 is 1.45 bits per heavy atom. The van der Waals surface area contributed by atoms with Gasteiger partial charge in [-0.15, -0.1) is 0 Å². The molecule has 0 saturated heterocycles. The second kappa shape index (κ2) is 8.98. The molecule has 0 aromatic heterocycles. The minimum absolute atomic E-state index is 0.00208. The van der Waals surface area contributed by atoms with E-state index in [9.17, 15) is 19.2 Å². The molecule has 0 aliphatic carbocycles. The first kappa shape index (κ1) is 22.4. The number of nitrogens with zero attached hydrogens (tertiary/aromatic N) is 1. The summed E-state index contributed by atoms with van der Waals surface area (Å²) in [6.45, 7) is 5.53. The van der Waals surface area contributed by atoms with Gasteiger partial charge in [0.2, 0.25) is 5.78 Å². The molecule has 0 fully saturated rings. The summed E-state index contributed by atoms with van der Waals surface area (Å²) in [6, 6.07) is 14.5. The fourth-order valence-electron chi connectivity index (χ4n) is 4.22. The largest absolute Gasteiger partial charge is 0.457 e. The van der Waals surface area contributed by atoms with E-state index in [1.54, 1.807) is 24.3 Å². The van der Waals surface area contributed by atoms with Crippen LogP contribution in [0.25, 0.3) is 10.8 Å². The molecule has 0 saturated carbocycles. The lowest BCUT2D eigenvalue weighted by atomic mass is 9.94. The fraction of sp³-hybridized carbons (Fsp3) is 0.259. The quantitative estimate of drug-likeness (QED) is 0.304. The van der Waals surface area contributed by atoms with Crippen LogP contribution in [-0.4, -0.2) is 41.6 Å². The monoisotopic (exact) mass is 443 g/mol. The number of imide groups is 1. The van der Waals surface area contributed by atoms with Crippen molar-refractivity contribution in [3.8, 4) is 0 Å². The molecule has 3 aromatic rings. The van der Waals surface area contributed by atoms with Gasteiger partial charge in [0, 0.05) is 35.0 Å². The van der Waals surface area contributed by atoms with Gasteiger partial charge in [-0.2, -0.15) is 0 Å². The standard InChI is InChI=1S/C27H25NO5/c1-16-13-18(3)22(14-17(16)2)23(29)15-33-24(30)11-6-12-28-26(31)20-9-4-7-19-8-5-10-21(25(19)20)27(28)32/h4-5,7-10,13-14H,6,11-12,15H2,1-3H3. The molecule has 6 heteroatoms. The minimum Gasteiger partial charge on any atom is -0.457 e. The van der Waals surface area contributed by atoms with Gasteiger partial charge >= 0.3 is 5.97 Å². The molecule has 0 unspecified atom stereocenters. The maximum absolute atomic E-state index is 12.9. The summed E-state index contributed by atoms with van der Waals surface area (Å²) in [4.78, 5) is 51.6. The molecule has 33 heavy (non-hydrogen) atoms. The molecule has 0 spiro atoms. The van der Waals surface area contributed by atoms with Crippen molar-refractivity contribution in [3.63, 3.8) is 0 Å². The van der Waals surface area contributed by atoms with Crippen molar-refractivity contribution in [1.82, 2.24) is 4.90 Å². The summed E-state index contributed by atoms with van der Waals surface area (Å²) in [7, 11) is 0. The van der Waals surface area contributed by atoms with E-state index in [1.165, 1.54) is 4.90 Å². The van der Waals surface area contributed by atoms with E-state index in [-0.39, 0.29) is 43.6 Å². The van der Waals surface area contributed by atoms with Crippen molar-refractivity contribution in [1.29, 1.82) is 0 Å². The molecule has 0 radical (unpaired) electrons. The molecule has 0 N–H and O–H groups in total. The number of carbonyl (C=O) groups excluding carboxylic acids is 4. The molecule has 1 aliphatic rings. The Hall–Kier alpha value is -3.80. The molecule has 168 valence electrons. The first-order valence-corrected chi connectivity index (χ1v) is 10.9. The highest BCUT2D eigenvalue weighted by atomic mass is 16.5. The van der Waals surface area contributed by atoms with Crippen LogP contribution in [-0.2, 0) is 9.53 Å². The van der Waals surface area contributed by atoms with Gasteiger partial charge in [0.05, 0.1) is 0 Å². The second-order valence-corrected chi connectivity index (χ2v) is 8.41. The van der Waals surface area contributed by atoms with E-state index in [2.05, 4.69) is 0 Å². The van der Waals surface area contributed by atoms with Gasteiger partial charge in [-0.3, -0.25) is 24.1 Å². The third kappa shape index (κ3) is 4.29. The number of benzene rings is 3. The maximum Gasteiger partial charge on any atom is 0.306 e. The van der Waals surface area contributed by atoms with E-state index >= 15 is 0 Å². The summed E-state index contributed by atoms with van der Waals surface area (Å²) < 4.78 is 5.15. The number of ether oxygens (including phenoxy) is 1. The Bertz CT molecular complexity index is 1260. The minimum atomic E-state index is -0.538. The number of rotatable bonds is 7. The number of Topliss-reactive ketones (excluding diaryl/α,β-unsaturated/α-hetero) is 1. The SMILES string of the molecule is Cc1cc(C)c(C(=O)COC(=O)CCCN2C(=O)c3cccc4cccc(c34)C2=O)cc1C. The first-order valence-electron chi connectivity index (χ1n) is 10.9. The average molecular weight is 443 g/mol. The van der Waals surface area contributed by atoms with E-state index in [4.69, 9.17) is 4.74 Å². The predicted octanol–water partition coefficient (Wildman–Crippen LogP) is 4.57. The first-order chi connectivity index (χ1) is 15.8. The van der Waals surface area contributed by atoms with Gasteiger partial charge < -0.3 is 4.74 Å². The second-order valence-electron chi connectivity index (χ2n) is 8.41. The lowest BCUT2D eigenvalue weighted by Crippen LogP contribution is -2.41. The summed E-state index contributed by atoms with van der Waals surface area (Å²) in [5.74, 6) is -1.52. The zero-order valence-corrected chi connectivity index (χ0v) is 18.9. The van der Waals surface area contributed by atoms with E-state index in [0.717, 1.165) is 22.1 Å². The van der Waals surface area contributed by atoms with Crippen molar-refractivity contribution in [2.75, 3.05) is 13.2 Å². The molecule has 1 aliphatic heterocycles. The molecule has 4 rings (SSSR count). The summed E-state index contributed by atoms with van der Waals surface area (Å²) in [6.07, 6.45) is 0.257. The van der Waals surface area contributed by atoms with Crippen LogP contribution < -0.4 is 0 Å². The fourth-order valence-corrected chi connectivity index (χ4v) is 4.22. The van der Waals surface area contributed by atoms with Crippen LogP contribution in [0.4, 0.5) is 0 Å². The number of amides is 2. The van der Waals surface area contributed by atoms with E-state index < -0.39 is 5.97 Å². The van der Waals surface area contributed by atoms with Crippen molar-refractivity contribution in [2.24, 2.45) is 0 Å². The Kier molecular flexibility index (Phi) is 6.09. The third-order valence-electron chi connectivity index (χ3n) is 6.12. The Morgan fingerprint density at radius 1 is 0.848 bits per heavy atom. The van der Waals surface area contributed by atoms with Crippen LogP contribution in [0.3, 0.4) is 0 Å². The highest BCUT2D eigenvalue weighted by Crippen LogP contribution is 2.30. The number of ketones is 1. The van der Waals surface area contributed by atoms with Crippen LogP contribution in [0.1, 0.15) is 60.6 Å². The molecular weight excluding hydrogens is 418 g/mol. The number of esters is 1. The van der Waals surface area contributed by atoms with Crippen LogP contribution in [0.5, 0.6) is 0 Å². The zero-order valence-electron chi connectivity index (χ0n) is 18.9. The van der Waals surface area contributed by atoms with Crippen molar-refractivity contribution < 1.29 is 23.9 Å². The predicted molar refractivity (Wildman–Crippen MR) is 124 cm³/mol. The topological polar surface area (TPSA) is 80.8 Å². The van der Waals surface area contributed by atoms with Gasteiger partial charge in [0.1, 0.15) is 0 Å². The van der Waals surface area contributed by atoms with Crippen LogP contribution in [0.2, 0.25) is 0 Å². The van der Waals surface area contributed by atoms with Crippen LogP contribution in [0, 0.1) is 20.8 Å². The Labute approximate surface area is 192 Å². The smallest absolute Gasteiger partial charge is 0.306 e. The number of hydrogen-bond acceptors (Lipinski definition) is 5. The normalized spacial score (nSPS) is 12.9. The number of hydrogen-bond donors (Lipinski definition) is 0. The maximum atomic E-state index is 12.9. The van der Waals surface area contributed by atoms with Gasteiger partial charge in [0.25, 0.3) is 11.8 Å². The lowest BCUT2D eigenvalue weighted by Gasteiger charge is -2.27. The lowest BCUT2D eigenvalue weighted by molar-refractivity contribution is -0.142. The average Bonchev–Trinajstić information content (AvgIpc) is 2.80. The zero-order chi connectivity index (χ0) is 23.7. The highest BCUT2D eigenvalue weighted by molar-refractivity contribution is 6.25. The number of carbonyl (C=O) groups is 4.